The van der Waals surface area contributed by atoms with Crippen molar-refractivity contribution >= 4 is 12.0 Å². The lowest BCUT2D eigenvalue weighted by Gasteiger charge is -2.38. The first-order chi connectivity index (χ1) is 9.84. The number of hydrogen-bond donors (Lipinski definition) is 2. The Morgan fingerprint density at radius 1 is 1.19 bits per heavy atom. The van der Waals surface area contributed by atoms with Crippen LogP contribution in [0.5, 0.6) is 0 Å². The summed E-state index contributed by atoms with van der Waals surface area (Å²) in [7, 11) is 1.65. The van der Waals surface area contributed by atoms with Crippen molar-refractivity contribution in [2.24, 2.45) is 0 Å². The standard InChI is InChI=1S/C15H26N2O4/c1-3-15(12(18)19)9-6-10-17(15)13(20)16(2)11-14(21)7-4-5-8-14/h21H,3-11H2,1-2H3,(H,18,19). The zero-order chi connectivity index (χ0) is 15.7. The van der Waals surface area contributed by atoms with Gasteiger partial charge in [-0.25, -0.2) is 9.59 Å². The van der Waals surface area contributed by atoms with Gasteiger partial charge in [0, 0.05) is 13.6 Å². The maximum Gasteiger partial charge on any atom is 0.329 e. The quantitative estimate of drug-likeness (QED) is 0.827. The lowest BCUT2D eigenvalue weighted by molar-refractivity contribution is -0.148. The normalized spacial score (nSPS) is 27.9. The van der Waals surface area contributed by atoms with Crippen LogP contribution in [0.4, 0.5) is 4.79 Å². The molecule has 0 radical (unpaired) electrons. The molecule has 2 fully saturated rings. The van der Waals surface area contributed by atoms with Gasteiger partial charge in [-0.2, -0.15) is 0 Å². The van der Waals surface area contributed by atoms with E-state index < -0.39 is 17.1 Å². The number of carbonyl (C=O) groups is 2. The molecule has 21 heavy (non-hydrogen) atoms. The van der Waals surface area contributed by atoms with E-state index >= 15 is 0 Å². The Hall–Kier alpha value is -1.30. The summed E-state index contributed by atoms with van der Waals surface area (Å²) in [4.78, 5) is 27.2. The summed E-state index contributed by atoms with van der Waals surface area (Å²) in [6.07, 6.45) is 5.01. The van der Waals surface area contributed by atoms with E-state index in [1.807, 2.05) is 6.92 Å². The highest BCUT2D eigenvalue weighted by Crippen LogP contribution is 2.35. The third kappa shape index (κ3) is 2.86. The summed E-state index contributed by atoms with van der Waals surface area (Å²) >= 11 is 0. The van der Waals surface area contributed by atoms with E-state index in [9.17, 15) is 19.8 Å². The summed E-state index contributed by atoms with van der Waals surface area (Å²) in [6.45, 7) is 2.56. The van der Waals surface area contributed by atoms with Gasteiger partial charge in [0.25, 0.3) is 0 Å². The first-order valence-corrected chi connectivity index (χ1v) is 7.83. The Bertz CT molecular complexity index is 420. The molecule has 0 spiro atoms. The van der Waals surface area contributed by atoms with Gasteiger partial charge < -0.3 is 20.0 Å². The molecule has 0 aromatic rings. The van der Waals surface area contributed by atoms with Crippen LogP contribution in [0.2, 0.25) is 0 Å². The maximum atomic E-state index is 12.6. The van der Waals surface area contributed by atoms with Crippen molar-refractivity contribution in [3.8, 4) is 0 Å². The van der Waals surface area contributed by atoms with Crippen LogP contribution in [-0.4, -0.2) is 63.3 Å². The smallest absolute Gasteiger partial charge is 0.329 e. The molecule has 2 aliphatic rings. The van der Waals surface area contributed by atoms with Gasteiger partial charge in [-0.3, -0.25) is 0 Å². The highest BCUT2D eigenvalue weighted by molar-refractivity contribution is 5.87. The fourth-order valence-electron chi connectivity index (χ4n) is 3.80. The molecular formula is C15H26N2O4. The molecule has 1 saturated carbocycles. The second-order valence-corrected chi connectivity index (χ2v) is 6.52. The minimum atomic E-state index is -1.08. The predicted octanol–water partition coefficient (Wildman–Crippen LogP) is 1.67. The van der Waals surface area contributed by atoms with Crippen molar-refractivity contribution in [3.63, 3.8) is 0 Å². The van der Waals surface area contributed by atoms with Crippen LogP contribution in [-0.2, 0) is 4.79 Å². The Kier molecular flexibility index (Phi) is 4.46. The van der Waals surface area contributed by atoms with E-state index in [2.05, 4.69) is 0 Å². The Labute approximate surface area is 125 Å². The van der Waals surface area contributed by atoms with E-state index in [-0.39, 0.29) is 12.6 Å². The molecule has 1 aliphatic heterocycles. The number of carbonyl (C=O) groups excluding carboxylic acids is 1. The van der Waals surface area contributed by atoms with Crippen LogP contribution in [0.3, 0.4) is 0 Å². The SMILES string of the molecule is CCC1(C(=O)O)CCCN1C(=O)N(C)CC1(O)CCCC1. The molecule has 0 bridgehead atoms. The average molecular weight is 298 g/mol. The molecule has 1 atom stereocenters. The number of urea groups is 1. The van der Waals surface area contributed by atoms with Crippen molar-refractivity contribution in [2.75, 3.05) is 20.1 Å². The second-order valence-electron chi connectivity index (χ2n) is 6.52. The second kappa shape index (κ2) is 5.83. The Morgan fingerprint density at radius 3 is 2.33 bits per heavy atom. The zero-order valence-electron chi connectivity index (χ0n) is 13.0. The minimum absolute atomic E-state index is 0.280. The van der Waals surface area contributed by atoms with Gasteiger partial charge in [0.1, 0.15) is 5.54 Å². The van der Waals surface area contributed by atoms with Crippen molar-refractivity contribution in [3.05, 3.63) is 0 Å². The lowest BCUT2D eigenvalue weighted by Crippen LogP contribution is -2.57. The summed E-state index contributed by atoms with van der Waals surface area (Å²) in [6, 6.07) is -0.280. The van der Waals surface area contributed by atoms with Crippen LogP contribution in [0.25, 0.3) is 0 Å². The van der Waals surface area contributed by atoms with E-state index in [1.165, 1.54) is 9.80 Å². The van der Waals surface area contributed by atoms with Crippen LogP contribution < -0.4 is 0 Å². The first-order valence-electron chi connectivity index (χ1n) is 7.83. The lowest BCUT2D eigenvalue weighted by atomic mass is 9.93. The average Bonchev–Trinajstić information content (AvgIpc) is 3.04. The predicted molar refractivity (Wildman–Crippen MR) is 78.0 cm³/mol. The van der Waals surface area contributed by atoms with Gasteiger partial charge in [-0.05, 0) is 32.1 Å². The highest BCUT2D eigenvalue weighted by atomic mass is 16.4. The minimum Gasteiger partial charge on any atom is -0.479 e. The van der Waals surface area contributed by atoms with Gasteiger partial charge in [0.15, 0.2) is 0 Å². The molecule has 2 amide bonds. The molecule has 120 valence electrons. The number of aliphatic hydroxyl groups is 1. The number of carboxylic acid groups (broad SMARTS) is 1. The molecule has 6 nitrogen and oxygen atoms in total. The number of likely N-dealkylation sites (N-methyl/N-ethyl adjacent to an activating group) is 1. The van der Waals surface area contributed by atoms with Crippen molar-refractivity contribution in [1.29, 1.82) is 0 Å². The molecule has 1 aliphatic carbocycles. The number of amides is 2. The summed E-state index contributed by atoms with van der Waals surface area (Å²) < 4.78 is 0. The molecule has 6 heteroatoms. The number of hydrogen-bond acceptors (Lipinski definition) is 3. The topological polar surface area (TPSA) is 81.1 Å². The van der Waals surface area contributed by atoms with E-state index in [0.717, 1.165) is 12.8 Å². The largest absolute Gasteiger partial charge is 0.479 e. The van der Waals surface area contributed by atoms with Crippen LogP contribution >= 0.6 is 0 Å². The summed E-state index contributed by atoms with van der Waals surface area (Å²) in [5.74, 6) is -0.927. The number of rotatable bonds is 4. The molecule has 1 heterocycles. The van der Waals surface area contributed by atoms with Gasteiger partial charge >= 0.3 is 12.0 Å². The van der Waals surface area contributed by atoms with Gasteiger partial charge in [0.05, 0.1) is 12.1 Å². The third-order valence-corrected chi connectivity index (χ3v) is 5.09. The molecular weight excluding hydrogens is 272 g/mol. The van der Waals surface area contributed by atoms with E-state index in [0.29, 0.717) is 38.6 Å². The number of aliphatic carboxylic acids is 1. The summed E-state index contributed by atoms with van der Waals surface area (Å²) in [5.41, 5.74) is -1.88. The fourth-order valence-corrected chi connectivity index (χ4v) is 3.80. The number of nitrogens with zero attached hydrogens (tertiary/aromatic N) is 2. The van der Waals surface area contributed by atoms with Gasteiger partial charge in [-0.15, -0.1) is 0 Å². The third-order valence-electron chi connectivity index (χ3n) is 5.09. The first kappa shape index (κ1) is 16.1. The summed E-state index contributed by atoms with van der Waals surface area (Å²) in [5, 5.41) is 20.0. The molecule has 1 saturated heterocycles. The van der Waals surface area contributed by atoms with Crippen molar-refractivity contribution in [1.82, 2.24) is 9.80 Å². The van der Waals surface area contributed by atoms with E-state index in [1.54, 1.807) is 7.05 Å². The monoisotopic (exact) mass is 298 g/mol. The molecule has 2 rings (SSSR count). The van der Waals surface area contributed by atoms with Crippen LogP contribution in [0.1, 0.15) is 51.9 Å². The molecule has 0 aromatic carbocycles. The molecule has 1 unspecified atom stereocenters. The molecule has 0 aromatic heterocycles. The van der Waals surface area contributed by atoms with E-state index in [4.69, 9.17) is 0 Å². The maximum absolute atomic E-state index is 12.6. The van der Waals surface area contributed by atoms with Crippen LogP contribution in [0.15, 0.2) is 0 Å². The zero-order valence-corrected chi connectivity index (χ0v) is 13.0. The van der Waals surface area contributed by atoms with Gasteiger partial charge in [-0.1, -0.05) is 19.8 Å². The Balaban J connectivity index is 2.09. The van der Waals surface area contributed by atoms with Crippen LogP contribution in [0, 0.1) is 0 Å². The number of likely N-dealkylation sites (tertiary alicyclic amines) is 1. The van der Waals surface area contributed by atoms with Crippen molar-refractivity contribution < 1.29 is 19.8 Å². The van der Waals surface area contributed by atoms with Gasteiger partial charge in [0.2, 0.25) is 0 Å². The molecule has 2 N–H and O–H groups in total. The fraction of sp³-hybridized carbons (Fsp3) is 0.867. The van der Waals surface area contributed by atoms with Crippen molar-refractivity contribution in [2.45, 2.75) is 63.0 Å². The highest BCUT2D eigenvalue weighted by Gasteiger charge is 2.49. The number of carboxylic acids is 1. The Morgan fingerprint density at radius 2 is 1.81 bits per heavy atom.